The van der Waals surface area contributed by atoms with Gasteiger partial charge in [-0.05, 0) is 250 Å². The zero-order chi connectivity index (χ0) is 87.9. The lowest BCUT2D eigenvalue weighted by molar-refractivity contribution is 1.59. The van der Waals surface area contributed by atoms with Gasteiger partial charge in [0.25, 0.3) is 0 Å². The van der Waals surface area contributed by atoms with Gasteiger partial charge in [-0.3, -0.25) is 0 Å². The highest BCUT2D eigenvalue weighted by Crippen LogP contribution is 2.52. The Morgan fingerprint density at radius 2 is 0.205 bits per heavy atom. The Kier molecular flexibility index (Phi) is 22.4. The highest BCUT2D eigenvalue weighted by molar-refractivity contribution is 6.26. The van der Waals surface area contributed by atoms with Gasteiger partial charge in [0.2, 0.25) is 0 Å². The fourth-order valence-corrected chi connectivity index (χ4v) is 19.9. The number of hydrogen-bond acceptors (Lipinski definition) is 0. The van der Waals surface area contributed by atoms with Crippen LogP contribution in [0.1, 0.15) is 0 Å². The topological polar surface area (TPSA) is 0 Å². The van der Waals surface area contributed by atoms with Crippen LogP contribution >= 0.6 is 0 Å². The van der Waals surface area contributed by atoms with E-state index in [4.69, 9.17) is 0 Å². The van der Waals surface area contributed by atoms with Gasteiger partial charge in [-0.1, -0.05) is 528 Å². The maximum absolute atomic E-state index is 2.41. The van der Waals surface area contributed by atoms with Crippen LogP contribution in [0.25, 0.3) is 232 Å². The summed E-state index contributed by atoms with van der Waals surface area (Å²) in [5, 5.41) is 15.1. The van der Waals surface area contributed by atoms with Crippen molar-refractivity contribution in [2.75, 3.05) is 0 Å². The van der Waals surface area contributed by atoms with Crippen LogP contribution in [0.2, 0.25) is 0 Å². The van der Waals surface area contributed by atoms with Crippen LogP contribution in [0, 0.1) is 0 Å². The first-order chi connectivity index (χ1) is 65.5. The van der Waals surface area contributed by atoms with Gasteiger partial charge in [0.15, 0.2) is 0 Å². The van der Waals surface area contributed by atoms with Gasteiger partial charge in [-0.15, -0.1) is 0 Å². The molecule has 0 aliphatic carbocycles. The van der Waals surface area contributed by atoms with Crippen molar-refractivity contribution < 1.29 is 0 Å². The van der Waals surface area contributed by atoms with Gasteiger partial charge in [-0.2, -0.15) is 0 Å². The molecule has 0 nitrogen and oxygen atoms in total. The third-order valence-corrected chi connectivity index (χ3v) is 26.1. The van der Waals surface area contributed by atoms with Crippen molar-refractivity contribution in [2.24, 2.45) is 0 Å². The summed E-state index contributed by atoms with van der Waals surface area (Å²) in [6, 6.07) is 198. The molecule has 0 saturated heterocycles. The molecule has 0 amide bonds. The Bertz CT molecular complexity index is 8240. The molecule has 0 aliphatic rings. The fourth-order valence-electron chi connectivity index (χ4n) is 19.9. The van der Waals surface area contributed by atoms with Crippen molar-refractivity contribution in [1.82, 2.24) is 0 Å². The average Bonchev–Trinajstić information content (AvgIpc) is 0.729. The molecule has 24 rings (SSSR count). The molecule has 618 valence electrons. The Balaban J connectivity index is 0.000000116. The highest BCUT2D eigenvalue weighted by Gasteiger charge is 2.25. The summed E-state index contributed by atoms with van der Waals surface area (Å²) in [6.07, 6.45) is 0. The predicted octanol–water partition coefficient (Wildman–Crippen LogP) is 37.0. The second-order valence-electron chi connectivity index (χ2n) is 33.8. The van der Waals surface area contributed by atoms with Crippen LogP contribution in [0.5, 0.6) is 0 Å². The summed E-state index contributed by atoms with van der Waals surface area (Å²) in [6.45, 7) is 0. The minimum atomic E-state index is 1.22. The van der Waals surface area contributed by atoms with E-state index in [-0.39, 0.29) is 0 Å². The Morgan fingerprint density at radius 3 is 0.447 bits per heavy atom. The molecular formula is C132H90. The SMILES string of the molecule is c1ccc(-c2ccc(-c3c4ccccc4c(-c4ccc(-c5ccccc5)cc4)c4cc(-c5ccccc5)ccc34)cc2)cc1.c1ccc(-c2ccc(-c3c4ccccc4c(-c4ccccc4-c4ccccc4)c4ccc(-c5ccccc5)cc34)cc2)cc1.c1ccc(-c2ccc3c(-c4ccccc4-c4ccccc4)c4ccccc4c(-c4ccccc4-c4ccccc4)c3c2)cc1. The Hall–Kier alpha value is -17.2. The van der Waals surface area contributed by atoms with Crippen molar-refractivity contribution in [1.29, 1.82) is 0 Å². The molecular weight excluding hydrogens is 1590 g/mol. The summed E-state index contributed by atoms with van der Waals surface area (Å²) in [4.78, 5) is 0. The van der Waals surface area contributed by atoms with Gasteiger partial charge in [0.1, 0.15) is 0 Å². The average molecular weight is 1680 g/mol. The maximum Gasteiger partial charge on any atom is -0.00199 e. The lowest BCUT2D eigenvalue weighted by atomic mass is 9.81. The van der Waals surface area contributed by atoms with Crippen molar-refractivity contribution in [2.45, 2.75) is 0 Å². The highest BCUT2D eigenvalue weighted by atomic mass is 14.3. The number of rotatable bonds is 15. The molecule has 0 heterocycles. The van der Waals surface area contributed by atoms with Gasteiger partial charge in [0, 0.05) is 0 Å². The fraction of sp³-hybridized carbons (Fsp3) is 0. The van der Waals surface area contributed by atoms with E-state index < -0.39 is 0 Å². The summed E-state index contributed by atoms with van der Waals surface area (Å²) in [7, 11) is 0. The van der Waals surface area contributed by atoms with Crippen LogP contribution in [-0.2, 0) is 0 Å². The van der Waals surface area contributed by atoms with Crippen LogP contribution in [0.3, 0.4) is 0 Å². The third-order valence-electron chi connectivity index (χ3n) is 26.1. The number of benzene rings is 24. The molecule has 0 heteroatoms. The van der Waals surface area contributed by atoms with E-state index in [9.17, 15) is 0 Å². The zero-order valence-electron chi connectivity index (χ0n) is 73.0. The molecule has 132 heavy (non-hydrogen) atoms. The number of fused-ring (bicyclic) bond motifs is 6. The Morgan fingerprint density at radius 1 is 0.0682 bits per heavy atom. The maximum atomic E-state index is 2.41. The molecule has 0 aromatic heterocycles. The molecule has 0 unspecified atom stereocenters. The van der Waals surface area contributed by atoms with Gasteiger partial charge in [-0.25, -0.2) is 0 Å². The van der Waals surface area contributed by atoms with E-state index in [1.165, 1.54) is 232 Å². The van der Waals surface area contributed by atoms with E-state index in [0.717, 1.165) is 0 Å². The quantitative estimate of drug-likeness (QED) is 0.0898. The van der Waals surface area contributed by atoms with Crippen LogP contribution in [-0.4, -0.2) is 0 Å². The molecule has 24 aromatic rings. The minimum absolute atomic E-state index is 1.22. The van der Waals surface area contributed by atoms with Crippen molar-refractivity contribution in [3.63, 3.8) is 0 Å². The largest absolute Gasteiger partial charge is 0.0622 e. The summed E-state index contributed by atoms with van der Waals surface area (Å²) < 4.78 is 0. The Labute approximate surface area is 772 Å². The van der Waals surface area contributed by atoms with E-state index in [2.05, 4.69) is 546 Å². The van der Waals surface area contributed by atoms with Crippen LogP contribution < -0.4 is 0 Å². The van der Waals surface area contributed by atoms with Crippen LogP contribution in [0.15, 0.2) is 546 Å². The van der Waals surface area contributed by atoms with Gasteiger partial charge < -0.3 is 0 Å². The van der Waals surface area contributed by atoms with Crippen molar-refractivity contribution >= 4 is 64.6 Å². The summed E-state index contributed by atoms with van der Waals surface area (Å²) >= 11 is 0. The lowest BCUT2D eigenvalue weighted by Gasteiger charge is -2.21. The predicted molar refractivity (Wildman–Crippen MR) is 566 cm³/mol. The summed E-state index contributed by atoms with van der Waals surface area (Å²) in [5.74, 6) is 0. The molecule has 0 bridgehead atoms. The summed E-state index contributed by atoms with van der Waals surface area (Å²) in [5.41, 5.74) is 37.1. The van der Waals surface area contributed by atoms with Crippen molar-refractivity contribution in [3.05, 3.63) is 546 Å². The van der Waals surface area contributed by atoms with E-state index in [1.54, 1.807) is 0 Å². The monoisotopic (exact) mass is 1670 g/mol. The molecule has 0 atom stereocenters. The zero-order valence-corrected chi connectivity index (χ0v) is 73.0. The molecule has 0 aliphatic heterocycles. The van der Waals surface area contributed by atoms with Gasteiger partial charge in [0.05, 0.1) is 0 Å². The van der Waals surface area contributed by atoms with Crippen LogP contribution in [0.4, 0.5) is 0 Å². The number of hydrogen-bond donors (Lipinski definition) is 0. The third kappa shape index (κ3) is 15.9. The normalized spacial score (nSPS) is 11.2. The molecule has 0 spiro atoms. The minimum Gasteiger partial charge on any atom is -0.0622 e. The lowest BCUT2D eigenvalue weighted by Crippen LogP contribution is -1.94. The van der Waals surface area contributed by atoms with Crippen molar-refractivity contribution in [3.8, 4) is 167 Å². The van der Waals surface area contributed by atoms with E-state index in [1.807, 2.05) is 0 Å². The molecule has 0 radical (unpaired) electrons. The second kappa shape index (κ2) is 36.7. The molecule has 0 N–H and O–H groups in total. The second-order valence-corrected chi connectivity index (χ2v) is 33.8. The first kappa shape index (κ1) is 80.7. The van der Waals surface area contributed by atoms with Gasteiger partial charge >= 0.3 is 0 Å². The smallest absolute Gasteiger partial charge is 0.00199 e. The molecule has 0 saturated carbocycles. The standard InChI is InChI=1S/3C44H30/c1-4-16-31(17-5-1)34-28-29-41-42(30-34)44(38-25-13-11-23-36(38)33-20-8-3-9-21-33)40-27-15-14-26-39(40)43(41)37-24-12-10-22-35(37)32-18-6-2-7-19-32;1-4-14-31(15-5-1)33-24-26-35(27-25-33)43-39-22-12-13-23-40(39)44(38-21-11-10-20-37(38)34-18-8-3-9-19-34)41-29-28-36(30-42(41)43)32-16-6-2-7-17-32;1-4-12-31(13-5-1)34-20-24-36(25-21-34)43-39-18-10-11-19-40(39)44(37-26-22-35(23-27-37)32-14-6-2-7-15-32)42-30-38(28-29-41(42)43)33-16-8-3-9-17-33/h3*1-30H. The molecule has 0 fully saturated rings. The first-order valence-electron chi connectivity index (χ1n) is 45.6. The van der Waals surface area contributed by atoms with E-state index >= 15 is 0 Å². The van der Waals surface area contributed by atoms with E-state index in [0.29, 0.717) is 0 Å². The first-order valence-corrected chi connectivity index (χ1v) is 45.6. The molecule has 24 aromatic carbocycles.